The van der Waals surface area contributed by atoms with Crippen LogP contribution in [0.3, 0.4) is 0 Å². The molecule has 17 heavy (non-hydrogen) atoms. The van der Waals surface area contributed by atoms with E-state index < -0.39 is 5.54 Å². The minimum atomic E-state index is -0.453. The Labute approximate surface area is 103 Å². The fourth-order valence-corrected chi connectivity index (χ4v) is 2.34. The summed E-state index contributed by atoms with van der Waals surface area (Å²) in [6.45, 7) is 6.84. The van der Waals surface area contributed by atoms with Gasteiger partial charge in [0, 0.05) is 17.9 Å². The van der Waals surface area contributed by atoms with Crippen molar-refractivity contribution in [1.29, 1.82) is 5.26 Å². The van der Waals surface area contributed by atoms with Gasteiger partial charge in [-0.3, -0.25) is 10.00 Å². The lowest BCUT2D eigenvalue weighted by atomic mass is 9.93. The Balaban J connectivity index is 2.21. The molecule has 1 aliphatic carbocycles. The normalized spacial score (nSPS) is 19.0. The van der Waals surface area contributed by atoms with Crippen LogP contribution in [0.1, 0.15) is 32.4 Å². The second-order valence-electron chi connectivity index (χ2n) is 5.29. The lowest BCUT2D eigenvalue weighted by molar-refractivity contribution is 0.282. The molecule has 1 aliphatic rings. The third-order valence-electron chi connectivity index (χ3n) is 3.35. The highest BCUT2D eigenvalue weighted by molar-refractivity contribution is 5.16. The SMILES string of the molecule is Cc1ccnn1CC(C#N)(NC(C)C)C1CC1. The van der Waals surface area contributed by atoms with E-state index >= 15 is 0 Å². The summed E-state index contributed by atoms with van der Waals surface area (Å²) in [4.78, 5) is 0. The molecule has 0 radical (unpaired) electrons. The molecule has 0 bridgehead atoms. The zero-order valence-electron chi connectivity index (χ0n) is 10.8. The first-order valence-electron chi connectivity index (χ1n) is 6.25. The molecule has 92 valence electrons. The van der Waals surface area contributed by atoms with Gasteiger partial charge in [0.1, 0.15) is 5.54 Å². The number of nitrogens with one attached hydrogen (secondary N) is 1. The van der Waals surface area contributed by atoms with Crippen LogP contribution in [0, 0.1) is 24.2 Å². The molecule has 1 saturated carbocycles. The second kappa shape index (κ2) is 4.50. The summed E-state index contributed by atoms with van der Waals surface area (Å²) in [6.07, 6.45) is 4.08. The van der Waals surface area contributed by atoms with Gasteiger partial charge in [-0.2, -0.15) is 10.4 Å². The molecule has 0 saturated heterocycles. The molecule has 0 aromatic carbocycles. The van der Waals surface area contributed by atoms with E-state index in [0.29, 0.717) is 18.5 Å². The van der Waals surface area contributed by atoms with E-state index in [1.807, 2.05) is 17.7 Å². The highest BCUT2D eigenvalue weighted by Crippen LogP contribution is 2.40. The largest absolute Gasteiger partial charge is 0.295 e. The molecule has 0 amide bonds. The lowest BCUT2D eigenvalue weighted by Gasteiger charge is -2.30. The Morgan fingerprint density at radius 3 is 2.76 bits per heavy atom. The summed E-state index contributed by atoms with van der Waals surface area (Å²) in [5.41, 5.74) is 0.654. The van der Waals surface area contributed by atoms with Gasteiger partial charge in [-0.05, 0) is 45.6 Å². The average Bonchev–Trinajstić information content (AvgIpc) is 3.04. The third kappa shape index (κ3) is 2.50. The van der Waals surface area contributed by atoms with Crippen molar-refractivity contribution >= 4 is 0 Å². The fourth-order valence-electron chi connectivity index (χ4n) is 2.34. The summed E-state index contributed by atoms with van der Waals surface area (Å²) in [5.74, 6) is 0.471. The Kier molecular flexibility index (Phi) is 3.21. The molecule has 1 N–H and O–H groups in total. The van der Waals surface area contributed by atoms with Crippen LogP contribution in [-0.4, -0.2) is 21.4 Å². The minimum absolute atomic E-state index is 0.311. The Morgan fingerprint density at radius 2 is 2.35 bits per heavy atom. The molecule has 4 nitrogen and oxygen atoms in total. The van der Waals surface area contributed by atoms with Crippen LogP contribution >= 0.6 is 0 Å². The van der Waals surface area contributed by atoms with E-state index in [9.17, 15) is 5.26 Å². The summed E-state index contributed by atoms with van der Waals surface area (Å²) < 4.78 is 1.93. The minimum Gasteiger partial charge on any atom is -0.295 e. The van der Waals surface area contributed by atoms with Gasteiger partial charge in [-0.1, -0.05) is 0 Å². The van der Waals surface area contributed by atoms with Gasteiger partial charge in [0.05, 0.1) is 12.6 Å². The number of nitriles is 1. The van der Waals surface area contributed by atoms with E-state index in [1.54, 1.807) is 6.20 Å². The van der Waals surface area contributed by atoms with Crippen molar-refractivity contribution in [2.45, 2.75) is 51.7 Å². The lowest BCUT2D eigenvalue weighted by Crippen LogP contribution is -2.52. The van der Waals surface area contributed by atoms with Crippen molar-refractivity contribution in [1.82, 2.24) is 15.1 Å². The van der Waals surface area contributed by atoms with Crippen molar-refractivity contribution in [2.75, 3.05) is 0 Å². The first-order chi connectivity index (χ1) is 8.07. The van der Waals surface area contributed by atoms with Gasteiger partial charge in [0.15, 0.2) is 0 Å². The smallest absolute Gasteiger partial charge is 0.129 e. The number of hydrogen-bond donors (Lipinski definition) is 1. The highest BCUT2D eigenvalue weighted by Gasteiger charge is 2.46. The quantitative estimate of drug-likeness (QED) is 0.843. The molecular weight excluding hydrogens is 212 g/mol. The van der Waals surface area contributed by atoms with Gasteiger partial charge in [-0.15, -0.1) is 0 Å². The molecule has 0 aliphatic heterocycles. The maximum atomic E-state index is 9.57. The van der Waals surface area contributed by atoms with Crippen molar-refractivity contribution in [2.24, 2.45) is 5.92 Å². The van der Waals surface area contributed by atoms with Crippen LogP contribution in [0.5, 0.6) is 0 Å². The van der Waals surface area contributed by atoms with Crippen molar-refractivity contribution in [3.63, 3.8) is 0 Å². The maximum absolute atomic E-state index is 9.57. The zero-order chi connectivity index (χ0) is 12.5. The summed E-state index contributed by atoms with van der Waals surface area (Å²) in [7, 11) is 0. The molecule has 1 fully saturated rings. The molecule has 1 aromatic heterocycles. The average molecular weight is 232 g/mol. The van der Waals surface area contributed by atoms with Crippen LogP contribution in [0.15, 0.2) is 12.3 Å². The van der Waals surface area contributed by atoms with Crippen LogP contribution < -0.4 is 5.32 Å². The molecule has 4 heteroatoms. The van der Waals surface area contributed by atoms with Crippen LogP contribution in [-0.2, 0) is 6.54 Å². The molecule has 1 aromatic rings. The van der Waals surface area contributed by atoms with E-state index in [4.69, 9.17) is 0 Å². The Hall–Kier alpha value is -1.34. The van der Waals surface area contributed by atoms with Gasteiger partial charge >= 0.3 is 0 Å². The predicted octanol–water partition coefficient (Wildman–Crippen LogP) is 1.86. The number of aromatic nitrogens is 2. The first kappa shape index (κ1) is 12.1. The second-order valence-corrected chi connectivity index (χ2v) is 5.29. The van der Waals surface area contributed by atoms with Gasteiger partial charge in [-0.25, -0.2) is 0 Å². The number of nitrogens with zero attached hydrogens (tertiary/aromatic N) is 3. The summed E-state index contributed by atoms with van der Waals surface area (Å²) in [6, 6.07) is 4.79. The highest BCUT2D eigenvalue weighted by atomic mass is 15.3. The monoisotopic (exact) mass is 232 g/mol. The standard InChI is InChI=1S/C13H20N4/c1-10(2)16-13(8-14,12-4-5-12)9-17-11(3)6-7-15-17/h6-7,10,12,16H,4-5,9H2,1-3H3. The number of aryl methyl sites for hydroxylation is 1. The van der Waals surface area contributed by atoms with E-state index in [0.717, 1.165) is 18.5 Å². The van der Waals surface area contributed by atoms with E-state index in [1.165, 1.54) is 0 Å². The topological polar surface area (TPSA) is 53.6 Å². The molecule has 2 rings (SSSR count). The first-order valence-corrected chi connectivity index (χ1v) is 6.25. The van der Waals surface area contributed by atoms with Gasteiger partial charge < -0.3 is 0 Å². The van der Waals surface area contributed by atoms with Gasteiger partial charge in [0.2, 0.25) is 0 Å². The maximum Gasteiger partial charge on any atom is 0.129 e. The summed E-state index contributed by atoms with van der Waals surface area (Å²) in [5, 5.41) is 17.3. The zero-order valence-corrected chi connectivity index (χ0v) is 10.8. The van der Waals surface area contributed by atoms with E-state index in [-0.39, 0.29) is 0 Å². The van der Waals surface area contributed by atoms with Crippen molar-refractivity contribution in [3.05, 3.63) is 18.0 Å². The molecule has 1 atom stereocenters. The third-order valence-corrected chi connectivity index (χ3v) is 3.35. The Bertz CT molecular complexity index is 425. The molecule has 1 heterocycles. The Morgan fingerprint density at radius 1 is 1.65 bits per heavy atom. The fraction of sp³-hybridized carbons (Fsp3) is 0.692. The van der Waals surface area contributed by atoms with Crippen molar-refractivity contribution < 1.29 is 0 Å². The molecular formula is C13H20N4. The van der Waals surface area contributed by atoms with Crippen LogP contribution in [0.25, 0.3) is 0 Å². The van der Waals surface area contributed by atoms with Gasteiger partial charge in [0.25, 0.3) is 0 Å². The number of hydrogen-bond acceptors (Lipinski definition) is 3. The van der Waals surface area contributed by atoms with Crippen LogP contribution in [0.2, 0.25) is 0 Å². The molecule has 0 spiro atoms. The number of rotatable bonds is 5. The van der Waals surface area contributed by atoms with Crippen molar-refractivity contribution in [3.8, 4) is 6.07 Å². The predicted molar refractivity (Wildman–Crippen MR) is 66.3 cm³/mol. The summed E-state index contributed by atoms with van der Waals surface area (Å²) >= 11 is 0. The van der Waals surface area contributed by atoms with E-state index in [2.05, 4.69) is 30.3 Å². The molecule has 1 unspecified atom stereocenters. The van der Waals surface area contributed by atoms with Crippen LogP contribution in [0.4, 0.5) is 0 Å².